The van der Waals surface area contributed by atoms with Gasteiger partial charge in [-0.15, -0.1) is 0 Å². The van der Waals surface area contributed by atoms with Crippen LogP contribution in [-0.4, -0.2) is 13.0 Å². The van der Waals surface area contributed by atoms with Crippen LogP contribution < -0.4 is 10.1 Å². The van der Waals surface area contributed by atoms with Crippen molar-refractivity contribution in [2.45, 2.75) is 19.4 Å². The van der Waals surface area contributed by atoms with E-state index in [2.05, 4.69) is 5.32 Å². The summed E-state index contributed by atoms with van der Waals surface area (Å²) in [6.45, 7) is 1.87. The molecule has 0 radical (unpaired) electrons. The normalized spacial score (nSPS) is 11.8. The molecule has 4 heteroatoms. The van der Waals surface area contributed by atoms with Crippen molar-refractivity contribution in [3.8, 4) is 5.75 Å². The van der Waals surface area contributed by atoms with Crippen LogP contribution in [0.4, 0.5) is 4.39 Å². The molecule has 1 N–H and O–H groups in total. The molecule has 0 saturated heterocycles. The van der Waals surface area contributed by atoms with Crippen molar-refractivity contribution < 1.29 is 13.9 Å². The first-order chi connectivity index (χ1) is 10.1. The number of benzene rings is 2. The van der Waals surface area contributed by atoms with Gasteiger partial charge in [0, 0.05) is 0 Å². The molecule has 3 nitrogen and oxygen atoms in total. The second kappa shape index (κ2) is 6.88. The van der Waals surface area contributed by atoms with E-state index in [1.807, 2.05) is 31.2 Å². The molecule has 2 aromatic carbocycles. The molecule has 0 saturated carbocycles. The van der Waals surface area contributed by atoms with E-state index in [0.29, 0.717) is 0 Å². The second-order valence-corrected chi connectivity index (χ2v) is 4.87. The maximum atomic E-state index is 12.9. The standard InChI is InChI=1S/C17H18FNO2/c1-12(14-6-8-15(18)9-7-14)19-17(20)11-13-4-3-5-16(10-13)21-2/h3-10,12H,11H2,1-2H3,(H,19,20)/t12-/m0/s1. The highest BCUT2D eigenvalue weighted by atomic mass is 19.1. The van der Waals surface area contributed by atoms with Crippen LogP contribution in [0, 0.1) is 5.82 Å². The fourth-order valence-corrected chi connectivity index (χ4v) is 2.10. The lowest BCUT2D eigenvalue weighted by Crippen LogP contribution is -2.28. The Morgan fingerprint density at radius 3 is 2.62 bits per heavy atom. The molecule has 0 unspecified atom stereocenters. The summed E-state index contributed by atoms with van der Waals surface area (Å²) in [5, 5.41) is 2.90. The van der Waals surface area contributed by atoms with Gasteiger partial charge in [-0.25, -0.2) is 4.39 Å². The van der Waals surface area contributed by atoms with Crippen molar-refractivity contribution in [3.63, 3.8) is 0 Å². The van der Waals surface area contributed by atoms with E-state index in [1.165, 1.54) is 12.1 Å². The van der Waals surface area contributed by atoms with Crippen LogP contribution in [-0.2, 0) is 11.2 Å². The highest BCUT2D eigenvalue weighted by molar-refractivity contribution is 5.79. The zero-order chi connectivity index (χ0) is 15.2. The number of hydrogen-bond acceptors (Lipinski definition) is 2. The van der Waals surface area contributed by atoms with Crippen LogP contribution in [0.3, 0.4) is 0 Å². The molecule has 0 aliphatic heterocycles. The molecule has 2 aromatic rings. The summed E-state index contributed by atoms with van der Waals surface area (Å²) in [7, 11) is 1.59. The minimum absolute atomic E-state index is 0.0833. The Kier molecular flexibility index (Phi) is 4.93. The van der Waals surface area contributed by atoms with E-state index >= 15 is 0 Å². The first-order valence-electron chi connectivity index (χ1n) is 6.76. The van der Waals surface area contributed by atoms with Crippen LogP contribution >= 0.6 is 0 Å². The number of rotatable bonds is 5. The number of nitrogens with one attached hydrogen (secondary N) is 1. The molecule has 21 heavy (non-hydrogen) atoms. The van der Waals surface area contributed by atoms with E-state index in [1.54, 1.807) is 19.2 Å². The summed E-state index contributed by atoms with van der Waals surface area (Å²) in [4.78, 5) is 12.0. The molecule has 0 spiro atoms. The van der Waals surface area contributed by atoms with E-state index in [9.17, 15) is 9.18 Å². The number of methoxy groups -OCH3 is 1. The Balaban J connectivity index is 1.96. The van der Waals surface area contributed by atoms with Crippen LogP contribution in [0.15, 0.2) is 48.5 Å². The third-order valence-corrected chi connectivity index (χ3v) is 3.25. The second-order valence-electron chi connectivity index (χ2n) is 4.87. The Labute approximate surface area is 123 Å². The minimum Gasteiger partial charge on any atom is -0.497 e. The Hall–Kier alpha value is -2.36. The lowest BCUT2D eigenvalue weighted by Gasteiger charge is -2.14. The summed E-state index contributed by atoms with van der Waals surface area (Å²) in [6, 6.07) is 13.4. The van der Waals surface area contributed by atoms with Crippen molar-refractivity contribution in [3.05, 3.63) is 65.5 Å². The van der Waals surface area contributed by atoms with E-state index in [-0.39, 0.29) is 24.2 Å². The van der Waals surface area contributed by atoms with Crippen molar-refractivity contribution in [1.29, 1.82) is 0 Å². The molecule has 0 aliphatic rings. The maximum absolute atomic E-state index is 12.9. The summed E-state index contributed by atoms with van der Waals surface area (Å²) >= 11 is 0. The number of hydrogen-bond donors (Lipinski definition) is 1. The average molecular weight is 287 g/mol. The fraction of sp³-hybridized carbons (Fsp3) is 0.235. The van der Waals surface area contributed by atoms with Gasteiger partial charge in [-0.3, -0.25) is 4.79 Å². The molecule has 0 aromatic heterocycles. The summed E-state index contributed by atoms with van der Waals surface area (Å²) in [6.07, 6.45) is 0.280. The van der Waals surface area contributed by atoms with E-state index in [0.717, 1.165) is 16.9 Å². The number of amides is 1. The third-order valence-electron chi connectivity index (χ3n) is 3.25. The largest absolute Gasteiger partial charge is 0.497 e. The highest BCUT2D eigenvalue weighted by Crippen LogP contribution is 2.15. The van der Waals surface area contributed by atoms with Gasteiger partial charge in [-0.2, -0.15) is 0 Å². The Bertz CT molecular complexity index is 610. The molecule has 0 fully saturated rings. The van der Waals surface area contributed by atoms with Crippen molar-refractivity contribution >= 4 is 5.91 Å². The Morgan fingerprint density at radius 1 is 1.24 bits per heavy atom. The number of carbonyl (C=O) groups excluding carboxylic acids is 1. The molecular formula is C17H18FNO2. The molecular weight excluding hydrogens is 269 g/mol. The lowest BCUT2D eigenvalue weighted by molar-refractivity contribution is -0.121. The van der Waals surface area contributed by atoms with Gasteiger partial charge in [0.15, 0.2) is 0 Å². The predicted octanol–water partition coefficient (Wildman–Crippen LogP) is 3.25. The predicted molar refractivity (Wildman–Crippen MR) is 79.7 cm³/mol. The monoisotopic (exact) mass is 287 g/mol. The Morgan fingerprint density at radius 2 is 1.95 bits per heavy atom. The molecule has 0 bridgehead atoms. The van der Waals surface area contributed by atoms with Gasteiger partial charge in [-0.05, 0) is 42.3 Å². The smallest absolute Gasteiger partial charge is 0.224 e. The molecule has 1 amide bonds. The maximum Gasteiger partial charge on any atom is 0.224 e. The third kappa shape index (κ3) is 4.31. The van der Waals surface area contributed by atoms with E-state index < -0.39 is 0 Å². The van der Waals surface area contributed by atoms with Crippen molar-refractivity contribution in [2.75, 3.05) is 7.11 Å². The molecule has 0 aliphatic carbocycles. The minimum atomic E-state index is -0.284. The molecule has 1 atom stereocenters. The lowest BCUT2D eigenvalue weighted by atomic mass is 10.1. The van der Waals surface area contributed by atoms with Crippen LogP contribution in [0.5, 0.6) is 5.75 Å². The van der Waals surface area contributed by atoms with Gasteiger partial charge in [0.25, 0.3) is 0 Å². The topological polar surface area (TPSA) is 38.3 Å². The van der Waals surface area contributed by atoms with Gasteiger partial charge >= 0.3 is 0 Å². The van der Waals surface area contributed by atoms with Crippen LogP contribution in [0.25, 0.3) is 0 Å². The first kappa shape index (κ1) is 15.0. The van der Waals surface area contributed by atoms with Crippen molar-refractivity contribution in [2.24, 2.45) is 0 Å². The molecule has 0 heterocycles. The van der Waals surface area contributed by atoms with Crippen LogP contribution in [0.2, 0.25) is 0 Å². The zero-order valence-electron chi connectivity index (χ0n) is 12.1. The van der Waals surface area contributed by atoms with Gasteiger partial charge < -0.3 is 10.1 Å². The summed E-state index contributed by atoms with van der Waals surface area (Å²) in [5.41, 5.74) is 1.76. The van der Waals surface area contributed by atoms with Gasteiger partial charge in [0.2, 0.25) is 5.91 Å². The van der Waals surface area contributed by atoms with E-state index in [4.69, 9.17) is 4.74 Å². The average Bonchev–Trinajstić information content (AvgIpc) is 2.47. The number of carbonyl (C=O) groups is 1. The molecule has 110 valence electrons. The quantitative estimate of drug-likeness (QED) is 0.916. The van der Waals surface area contributed by atoms with Gasteiger partial charge in [-0.1, -0.05) is 24.3 Å². The zero-order valence-corrected chi connectivity index (χ0v) is 12.1. The van der Waals surface area contributed by atoms with Crippen LogP contribution in [0.1, 0.15) is 24.1 Å². The molecule has 2 rings (SSSR count). The first-order valence-corrected chi connectivity index (χ1v) is 6.76. The van der Waals surface area contributed by atoms with Crippen molar-refractivity contribution in [1.82, 2.24) is 5.32 Å². The van der Waals surface area contributed by atoms with Gasteiger partial charge in [0.05, 0.1) is 19.6 Å². The van der Waals surface area contributed by atoms with Gasteiger partial charge in [0.1, 0.15) is 11.6 Å². The number of ether oxygens (including phenoxy) is 1. The number of halogens is 1. The summed E-state index contributed by atoms with van der Waals surface area (Å²) < 4.78 is 18.0. The SMILES string of the molecule is COc1cccc(CC(=O)N[C@@H](C)c2ccc(F)cc2)c1. The fourth-order valence-electron chi connectivity index (χ4n) is 2.10. The summed E-state index contributed by atoms with van der Waals surface area (Å²) in [5.74, 6) is 0.362. The highest BCUT2D eigenvalue weighted by Gasteiger charge is 2.10.